The summed E-state index contributed by atoms with van der Waals surface area (Å²) in [6.07, 6.45) is 0.166. The quantitative estimate of drug-likeness (QED) is 0.333. The molecular formula is C5H12N4O4. The van der Waals surface area contributed by atoms with Crippen molar-refractivity contribution >= 4 is 12.1 Å². The van der Waals surface area contributed by atoms with E-state index in [4.69, 9.17) is 10.4 Å². The molecule has 0 rings (SSSR count). The molecule has 0 aromatic heterocycles. The van der Waals surface area contributed by atoms with E-state index in [1.807, 2.05) is 0 Å². The Balaban J connectivity index is 3.56. The summed E-state index contributed by atoms with van der Waals surface area (Å²) in [5.41, 5.74) is 9.36. The average molecular weight is 192 g/mol. The highest BCUT2D eigenvalue weighted by molar-refractivity contribution is 5.71. The molecule has 0 aromatic carbocycles. The highest BCUT2D eigenvalue weighted by Crippen LogP contribution is 1.89. The van der Waals surface area contributed by atoms with Crippen molar-refractivity contribution in [1.29, 1.82) is 0 Å². The molecule has 0 saturated carbocycles. The van der Waals surface area contributed by atoms with Crippen LogP contribution in [0.25, 0.3) is 0 Å². The van der Waals surface area contributed by atoms with E-state index in [1.54, 1.807) is 0 Å². The first-order valence-electron chi connectivity index (χ1n) is 3.47. The normalized spacial score (nSPS) is 9.38. The fourth-order valence-electron chi connectivity index (χ4n) is 0.591. The second-order valence-electron chi connectivity index (χ2n) is 2.28. The van der Waals surface area contributed by atoms with Gasteiger partial charge in [-0.05, 0) is 6.42 Å². The Morgan fingerprint density at radius 2 is 1.31 bits per heavy atom. The van der Waals surface area contributed by atoms with Gasteiger partial charge in [-0.2, -0.15) is 0 Å². The molecule has 0 aliphatic carbocycles. The number of hydroxylamine groups is 4. The van der Waals surface area contributed by atoms with E-state index in [9.17, 15) is 9.59 Å². The molecule has 0 radical (unpaired) electrons. The van der Waals surface area contributed by atoms with Gasteiger partial charge >= 0.3 is 12.1 Å². The zero-order chi connectivity index (χ0) is 10.4. The van der Waals surface area contributed by atoms with Crippen LogP contribution in [0, 0.1) is 0 Å². The van der Waals surface area contributed by atoms with Gasteiger partial charge in [0.05, 0.1) is 13.1 Å². The van der Waals surface area contributed by atoms with E-state index in [-0.39, 0.29) is 29.6 Å². The lowest BCUT2D eigenvalue weighted by Crippen LogP contribution is -2.37. The topological polar surface area (TPSA) is 133 Å². The van der Waals surface area contributed by atoms with Gasteiger partial charge in [-0.3, -0.25) is 10.4 Å². The lowest BCUT2D eigenvalue weighted by molar-refractivity contribution is -0.0623. The number of rotatable bonds is 4. The van der Waals surface area contributed by atoms with Crippen LogP contribution >= 0.6 is 0 Å². The summed E-state index contributed by atoms with van der Waals surface area (Å²) >= 11 is 0. The predicted molar refractivity (Wildman–Crippen MR) is 40.8 cm³/mol. The summed E-state index contributed by atoms with van der Waals surface area (Å²) in [4.78, 5) is 20.5. The molecule has 0 atom stereocenters. The molecular weight excluding hydrogens is 180 g/mol. The van der Waals surface area contributed by atoms with Crippen molar-refractivity contribution < 1.29 is 20.0 Å². The fraction of sp³-hybridized carbons (Fsp3) is 0.600. The Labute approximate surface area is 74.2 Å². The van der Waals surface area contributed by atoms with Gasteiger partial charge in [-0.25, -0.2) is 19.7 Å². The lowest BCUT2D eigenvalue weighted by Gasteiger charge is -2.14. The zero-order valence-corrected chi connectivity index (χ0v) is 6.88. The minimum absolute atomic E-state index is 0.0837. The van der Waals surface area contributed by atoms with Crippen molar-refractivity contribution in [2.45, 2.75) is 6.42 Å². The van der Waals surface area contributed by atoms with Crippen LogP contribution in [-0.2, 0) is 0 Å². The predicted octanol–water partition coefficient (Wildman–Crippen LogP) is -1.08. The number of amides is 4. The maximum atomic E-state index is 10.2. The monoisotopic (exact) mass is 192 g/mol. The molecule has 76 valence electrons. The molecule has 4 amide bonds. The number of hydrogen-bond acceptors (Lipinski definition) is 4. The van der Waals surface area contributed by atoms with E-state index in [0.29, 0.717) is 0 Å². The summed E-state index contributed by atoms with van der Waals surface area (Å²) in [6, 6.07) is -1.99. The maximum Gasteiger partial charge on any atom is 0.338 e. The van der Waals surface area contributed by atoms with Gasteiger partial charge in [-0.1, -0.05) is 0 Å². The first kappa shape index (κ1) is 11.5. The van der Waals surface area contributed by atoms with Gasteiger partial charge in [0, 0.05) is 0 Å². The standard InChI is InChI=1S/C5H12N4O4/c6-4(10)8(12)2-1-3-9(13)5(7)11/h12-13H,1-3H2,(H2,6,10)(H2,7,11). The average Bonchev–Trinajstić information content (AvgIpc) is 2.03. The molecule has 13 heavy (non-hydrogen) atoms. The van der Waals surface area contributed by atoms with Crippen LogP contribution < -0.4 is 11.5 Å². The van der Waals surface area contributed by atoms with Crippen molar-refractivity contribution in [3.8, 4) is 0 Å². The van der Waals surface area contributed by atoms with E-state index in [0.717, 1.165) is 0 Å². The SMILES string of the molecule is NC(=O)N(O)CCCN(O)C(N)=O. The Bertz CT molecular complexity index is 177. The Hall–Kier alpha value is -1.54. The number of nitrogens with two attached hydrogens (primary N) is 2. The summed E-state index contributed by atoms with van der Waals surface area (Å²) < 4.78 is 0. The highest BCUT2D eigenvalue weighted by Gasteiger charge is 2.08. The van der Waals surface area contributed by atoms with Crippen LogP contribution in [0.5, 0.6) is 0 Å². The Morgan fingerprint density at radius 3 is 1.54 bits per heavy atom. The van der Waals surface area contributed by atoms with Crippen molar-refractivity contribution in [1.82, 2.24) is 10.1 Å². The first-order chi connectivity index (χ1) is 5.95. The molecule has 0 fully saturated rings. The van der Waals surface area contributed by atoms with Crippen LogP contribution in [0.4, 0.5) is 9.59 Å². The van der Waals surface area contributed by atoms with Gasteiger partial charge in [-0.15, -0.1) is 0 Å². The van der Waals surface area contributed by atoms with Crippen LogP contribution in [0.2, 0.25) is 0 Å². The van der Waals surface area contributed by atoms with Crippen LogP contribution in [0.15, 0.2) is 0 Å². The maximum absolute atomic E-state index is 10.2. The second-order valence-corrected chi connectivity index (χ2v) is 2.28. The third-order valence-corrected chi connectivity index (χ3v) is 1.25. The highest BCUT2D eigenvalue weighted by atomic mass is 16.5. The van der Waals surface area contributed by atoms with Gasteiger partial charge < -0.3 is 11.5 Å². The summed E-state index contributed by atoms with van der Waals surface area (Å²) in [7, 11) is 0. The number of nitrogens with zero attached hydrogens (tertiary/aromatic N) is 2. The van der Waals surface area contributed by atoms with Crippen LogP contribution in [0.3, 0.4) is 0 Å². The van der Waals surface area contributed by atoms with Crippen LogP contribution in [0.1, 0.15) is 6.42 Å². The van der Waals surface area contributed by atoms with Crippen molar-refractivity contribution in [3.05, 3.63) is 0 Å². The molecule has 6 N–H and O–H groups in total. The molecule has 0 bridgehead atoms. The summed E-state index contributed by atoms with van der Waals surface area (Å²) in [5, 5.41) is 18.0. The molecule has 0 saturated heterocycles. The molecule has 0 heterocycles. The van der Waals surface area contributed by atoms with E-state index in [2.05, 4.69) is 11.5 Å². The molecule has 0 aliphatic heterocycles. The number of carbonyl (C=O) groups is 2. The van der Waals surface area contributed by atoms with Crippen molar-refractivity contribution in [3.63, 3.8) is 0 Å². The first-order valence-corrected chi connectivity index (χ1v) is 3.47. The van der Waals surface area contributed by atoms with Crippen molar-refractivity contribution in [2.75, 3.05) is 13.1 Å². The van der Waals surface area contributed by atoms with Gasteiger partial charge in [0.15, 0.2) is 0 Å². The minimum atomic E-state index is -0.997. The van der Waals surface area contributed by atoms with Gasteiger partial charge in [0.25, 0.3) is 0 Å². The van der Waals surface area contributed by atoms with E-state index < -0.39 is 12.1 Å². The number of hydrogen-bond donors (Lipinski definition) is 4. The largest absolute Gasteiger partial charge is 0.350 e. The molecule has 8 heteroatoms. The van der Waals surface area contributed by atoms with E-state index >= 15 is 0 Å². The molecule has 0 aromatic rings. The molecule has 8 nitrogen and oxygen atoms in total. The minimum Gasteiger partial charge on any atom is -0.350 e. The number of urea groups is 2. The molecule has 0 aliphatic rings. The zero-order valence-electron chi connectivity index (χ0n) is 6.88. The number of carbonyl (C=O) groups excluding carboxylic acids is 2. The van der Waals surface area contributed by atoms with Crippen molar-refractivity contribution in [2.24, 2.45) is 11.5 Å². The Kier molecular flexibility index (Phi) is 4.55. The van der Waals surface area contributed by atoms with Gasteiger partial charge in [0.2, 0.25) is 0 Å². The third kappa shape index (κ3) is 4.82. The molecule has 0 unspecified atom stereocenters. The van der Waals surface area contributed by atoms with Crippen LogP contribution in [-0.4, -0.2) is 45.7 Å². The summed E-state index contributed by atoms with van der Waals surface area (Å²) in [6.45, 7) is -0.167. The Morgan fingerprint density at radius 1 is 1.00 bits per heavy atom. The van der Waals surface area contributed by atoms with Gasteiger partial charge in [0.1, 0.15) is 0 Å². The lowest BCUT2D eigenvalue weighted by atomic mass is 10.4. The summed E-state index contributed by atoms with van der Waals surface area (Å²) in [5.74, 6) is 0. The smallest absolute Gasteiger partial charge is 0.338 e. The fourth-order valence-corrected chi connectivity index (χ4v) is 0.591. The third-order valence-electron chi connectivity index (χ3n) is 1.25. The molecule has 0 spiro atoms. The number of primary amides is 2. The second kappa shape index (κ2) is 5.17. The van der Waals surface area contributed by atoms with E-state index in [1.165, 1.54) is 0 Å².